The zero-order valence-corrected chi connectivity index (χ0v) is 12.2. The van der Waals surface area contributed by atoms with Crippen LogP contribution in [0.5, 0.6) is 0 Å². The molecule has 0 saturated carbocycles. The highest BCUT2D eigenvalue weighted by atomic mass is 16.1. The molecular weight excluding hydrogens is 250 g/mol. The van der Waals surface area contributed by atoms with Crippen molar-refractivity contribution < 1.29 is 0 Å². The van der Waals surface area contributed by atoms with Gasteiger partial charge in [-0.25, -0.2) is 4.68 Å². The molecule has 4 nitrogen and oxygen atoms in total. The Labute approximate surface area is 119 Å². The zero-order chi connectivity index (χ0) is 14.8. The minimum absolute atomic E-state index is 0.126. The molecule has 0 radical (unpaired) electrons. The SMILES string of the molecule is CC(C)(C)c1ccc(C(N)Cn2ncccc2=O)cc1. The van der Waals surface area contributed by atoms with E-state index in [1.165, 1.54) is 16.3 Å². The quantitative estimate of drug-likeness (QED) is 0.931. The molecular formula is C16H21N3O. The number of aromatic nitrogens is 2. The number of rotatable bonds is 3. The lowest BCUT2D eigenvalue weighted by Gasteiger charge is -2.20. The highest BCUT2D eigenvalue weighted by Gasteiger charge is 2.14. The Bertz CT molecular complexity index is 623. The fraction of sp³-hybridized carbons (Fsp3) is 0.375. The van der Waals surface area contributed by atoms with Gasteiger partial charge in [0.2, 0.25) is 0 Å². The number of nitrogens with two attached hydrogens (primary N) is 1. The molecule has 1 aromatic carbocycles. The van der Waals surface area contributed by atoms with Crippen LogP contribution < -0.4 is 11.3 Å². The monoisotopic (exact) mass is 271 g/mol. The maximum absolute atomic E-state index is 11.6. The molecule has 2 rings (SSSR count). The van der Waals surface area contributed by atoms with Crippen molar-refractivity contribution in [3.8, 4) is 0 Å². The zero-order valence-electron chi connectivity index (χ0n) is 12.2. The number of hydrogen-bond donors (Lipinski definition) is 1. The lowest BCUT2D eigenvalue weighted by atomic mass is 9.86. The number of nitrogens with zero attached hydrogens (tertiary/aromatic N) is 2. The van der Waals surface area contributed by atoms with Gasteiger partial charge in [0, 0.05) is 18.3 Å². The maximum Gasteiger partial charge on any atom is 0.266 e. The topological polar surface area (TPSA) is 60.9 Å². The Morgan fingerprint density at radius 2 is 1.85 bits per heavy atom. The maximum atomic E-state index is 11.6. The average Bonchev–Trinajstić information content (AvgIpc) is 2.40. The lowest BCUT2D eigenvalue weighted by molar-refractivity contribution is 0.503. The molecule has 20 heavy (non-hydrogen) atoms. The van der Waals surface area contributed by atoms with Crippen LogP contribution in [0.3, 0.4) is 0 Å². The summed E-state index contributed by atoms with van der Waals surface area (Å²) in [5, 5.41) is 4.02. The van der Waals surface area contributed by atoms with E-state index in [0.29, 0.717) is 6.54 Å². The van der Waals surface area contributed by atoms with Gasteiger partial charge < -0.3 is 5.73 Å². The minimum Gasteiger partial charge on any atom is -0.322 e. The van der Waals surface area contributed by atoms with Crippen molar-refractivity contribution in [3.63, 3.8) is 0 Å². The van der Waals surface area contributed by atoms with Gasteiger partial charge in [0.1, 0.15) is 0 Å². The van der Waals surface area contributed by atoms with Crippen molar-refractivity contribution >= 4 is 0 Å². The summed E-state index contributed by atoms with van der Waals surface area (Å²) in [4.78, 5) is 11.6. The first-order valence-corrected chi connectivity index (χ1v) is 6.76. The molecule has 0 amide bonds. The standard InChI is InChI=1S/C16H21N3O/c1-16(2,3)13-8-6-12(7-9-13)14(17)11-19-15(20)5-4-10-18-19/h4-10,14H,11,17H2,1-3H3. The molecule has 0 fully saturated rings. The third kappa shape index (κ3) is 3.33. The van der Waals surface area contributed by atoms with Crippen LogP contribution >= 0.6 is 0 Å². The van der Waals surface area contributed by atoms with Gasteiger partial charge in [-0.1, -0.05) is 45.0 Å². The molecule has 1 aromatic heterocycles. The summed E-state index contributed by atoms with van der Waals surface area (Å²) < 4.78 is 1.39. The Hall–Kier alpha value is -1.94. The normalized spacial score (nSPS) is 13.2. The summed E-state index contributed by atoms with van der Waals surface area (Å²) in [6, 6.07) is 11.1. The predicted molar refractivity (Wildman–Crippen MR) is 80.6 cm³/mol. The fourth-order valence-corrected chi connectivity index (χ4v) is 2.05. The molecule has 0 bridgehead atoms. The van der Waals surface area contributed by atoms with E-state index in [4.69, 9.17) is 5.73 Å². The Balaban J connectivity index is 2.16. The van der Waals surface area contributed by atoms with Gasteiger partial charge in [-0.05, 0) is 22.6 Å². The molecule has 2 N–H and O–H groups in total. The summed E-state index contributed by atoms with van der Waals surface area (Å²) >= 11 is 0. The van der Waals surface area contributed by atoms with Gasteiger partial charge in [0.15, 0.2) is 0 Å². The van der Waals surface area contributed by atoms with Crippen LogP contribution in [0.2, 0.25) is 0 Å². The van der Waals surface area contributed by atoms with E-state index >= 15 is 0 Å². The van der Waals surface area contributed by atoms with E-state index in [-0.39, 0.29) is 17.0 Å². The van der Waals surface area contributed by atoms with Gasteiger partial charge in [-0.3, -0.25) is 4.79 Å². The summed E-state index contributed by atoms with van der Waals surface area (Å²) in [7, 11) is 0. The number of hydrogen-bond acceptors (Lipinski definition) is 3. The lowest BCUT2D eigenvalue weighted by Crippen LogP contribution is -2.28. The first kappa shape index (κ1) is 14.5. The highest BCUT2D eigenvalue weighted by Crippen LogP contribution is 2.23. The van der Waals surface area contributed by atoms with Crippen LogP contribution in [-0.2, 0) is 12.0 Å². The van der Waals surface area contributed by atoms with Gasteiger partial charge >= 0.3 is 0 Å². The Morgan fingerprint density at radius 1 is 1.20 bits per heavy atom. The molecule has 0 spiro atoms. The first-order valence-electron chi connectivity index (χ1n) is 6.76. The second-order valence-electron chi connectivity index (χ2n) is 6.02. The summed E-state index contributed by atoms with van der Waals surface area (Å²) in [5.41, 5.74) is 8.43. The van der Waals surface area contributed by atoms with Crippen molar-refractivity contribution in [3.05, 3.63) is 64.1 Å². The van der Waals surface area contributed by atoms with Gasteiger partial charge in [-0.2, -0.15) is 5.10 Å². The summed E-state index contributed by atoms with van der Waals surface area (Å²) in [6.07, 6.45) is 1.59. The minimum atomic E-state index is -0.239. The molecule has 0 aliphatic rings. The van der Waals surface area contributed by atoms with Gasteiger partial charge in [0.25, 0.3) is 5.56 Å². The van der Waals surface area contributed by atoms with Crippen LogP contribution in [0.15, 0.2) is 47.4 Å². The predicted octanol–water partition coefficient (Wildman–Crippen LogP) is 2.24. The van der Waals surface area contributed by atoms with Crippen LogP contribution in [0, 0.1) is 0 Å². The molecule has 1 atom stereocenters. The van der Waals surface area contributed by atoms with E-state index in [1.54, 1.807) is 12.3 Å². The highest BCUT2D eigenvalue weighted by molar-refractivity contribution is 5.29. The number of benzene rings is 1. The summed E-state index contributed by atoms with van der Waals surface area (Å²) in [6.45, 7) is 6.91. The third-order valence-electron chi connectivity index (χ3n) is 3.36. The second kappa shape index (κ2) is 5.59. The fourth-order valence-electron chi connectivity index (χ4n) is 2.05. The Kier molecular flexibility index (Phi) is 4.04. The van der Waals surface area contributed by atoms with E-state index in [9.17, 15) is 4.79 Å². The van der Waals surface area contributed by atoms with Crippen LogP contribution in [-0.4, -0.2) is 9.78 Å². The van der Waals surface area contributed by atoms with Crippen LogP contribution in [0.25, 0.3) is 0 Å². The molecule has 1 heterocycles. The van der Waals surface area contributed by atoms with Crippen molar-refractivity contribution in [1.29, 1.82) is 0 Å². The molecule has 2 aromatic rings. The van der Waals surface area contributed by atoms with Crippen molar-refractivity contribution in [2.45, 2.75) is 38.8 Å². The van der Waals surface area contributed by atoms with Gasteiger partial charge in [0.05, 0.1) is 6.54 Å². The summed E-state index contributed by atoms with van der Waals surface area (Å²) in [5.74, 6) is 0. The van der Waals surface area contributed by atoms with Crippen molar-refractivity contribution in [1.82, 2.24) is 9.78 Å². The van der Waals surface area contributed by atoms with E-state index in [2.05, 4.69) is 38.0 Å². The largest absolute Gasteiger partial charge is 0.322 e. The third-order valence-corrected chi connectivity index (χ3v) is 3.36. The molecule has 4 heteroatoms. The average molecular weight is 271 g/mol. The van der Waals surface area contributed by atoms with Crippen molar-refractivity contribution in [2.24, 2.45) is 5.73 Å². The van der Waals surface area contributed by atoms with Crippen LogP contribution in [0.1, 0.15) is 37.9 Å². The molecule has 1 unspecified atom stereocenters. The van der Waals surface area contributed by atoms with Crippen LogP contribution in [0.4, 0.5) is 0 Å². The Morgan fingerprint density at radius 3 is 2.40 bits per heavy atom. The first-order chi connectivity index (χ1) is 9.38. The molecule has 0 aliphatic carbocycles. The van der Waals surface area contributed by atoms with Gasteiger partial charge in [-0.15, -0.1) is 0 Å². The molecule has 106 valence electrons. The van der Waals surface area contributed by atoms with Crippen molar-refractivity contribution in [2.75, 3.05) is 0 Å². The smallest absolute Gasteiger partial charge is 0.266 e. The van der Waals surface area contributed by atoms with E-state index in [0.717, 1.165) is 5.56 Å². The molecule has 0 aliphatic heterocycles. The molecule has 0 saturated heterocycles. The second-order valence-corrected chi connectivity index (χ2v) is 6.02. The van der Waals surface area contributed by atoms with E-state index in [1.807, 2.05) is 12.1 Å². The van der Waals surface area contributed by atoms with E-state index < -0.39 is 0 Å².